The third-order valence-corrected chi connectivity index (χ3v) is 4.05. The molecular weight excluding hydrogens is 305 g/mol. The summed E-state index contributed by atoms with van der Waals surface area (Å²) in [4.78, 5) is 0. The van der Waals surface area contributed by atoms with Gasteiger partial charge >= 0.3 is 15.6 Å². The van der Waals surface area contributed by atoms with Crippen molar-refractivity contribution in [3.05, 3.63) is 0 Å². The minimum absolute atomic E-state index is 0.262. The number of halogens is 3. The van der Waals surface area contributed by atoms with Crippen LogP contribution in [-0.2, 0) is 28.5 Å². The van der Waals surface area contributed by atoms with Crippen LogP contribution in [0.25, 0.3) is 0 Å². The second kappa shape index (κ2) is 4.80. The van der Waals surface area contributed by atoms with Crippen LogP contribution in [-0.4, -0.2) is 44.3 Å². The van der Waals surface area contributed by atoms with Gasteiger partial charge in [-0.3, -0.25) is 4.18 Å². The third-order valence-electron chi connectivity index (χ3n) is 3.01. The molecule has 0 spiro atoms. The summed E-state index contributed by atoms with van der Waals surface area (Å²) in [6.45, 7) is 4.73. The van der Waals surface area contributed by atoms with Crippen LogP contribution in [0.5, 0.6) is 0 Å². The third kappa shape index (κ3) is 2.80. The SMILES string of the molecule is CC[C@H]1O[C@@H]2OC(C)(C)O[C@@H]2[C@@H]1OS(=O)(=O)C(F)(F)F. The molecule has 0 aromatic carbocycles. The van der Waals surface area contributed by atoms with E-state index in [1.807, 2.05) is 0 Å². The van der Waals surface area contributed by atoms with E-state index in [1.165, 1.54) is 0 Å². The predicted molar refractivity (Wildman–Crippen MR) is 58.8 cm³/mol. The van der Waals surface area contributed by atoms with Gasteiger partial charge in [-0.2, -0.15) is 21.6 Å². The first-order chi connectivity index (χ1) is 8.97. The van der Waals surface area contributed by atoms with Crippen LogP contribution in [0.15, 0.2) is 0 Å². The normalized spacial score (nSPS) is 37.1. The van der Waals surface area contributed by atoms with Crippen molar-refractivity contribution in [1.29, 1.82) is 0 Å². The molecule has 0 amide bonds. The Morgan fingerprint density at radius 1 is 1.25 bits per heavy atom. The molecule has 2 heterocycles. The van der Waals surface area contributed by atoms with Crippen LogP contribution in [0, 0.1) is 0 Å². The van der Waals surface area contributed by atoms with E-state index in [0.29, 0.717) is 0 Å². The van der Waals surface area contributed by atoms with Crippen molar-refractivity contribution in [2.75, 3.05) is 0 Å². The van der Waals surface area contributed by atoms with E-state index in [0.717, 1.165) is 0 Å². The van der Waals surface area contributed by atoms with Gasteiger partial charge in [0.05, 0.1) is 6.10 Å². The van der Waals surface area contributed by atoms with Crippen molar-refractivity contribution >= 4 is 10.1 Å². The Balaban J connectivity index is 2.21. The molecule has 4 atom stereocenters. The first-order valence-corrected chi connectivity index (χ1v) is 7.38. The lowest BCUT2D eigenvalue weighted by atomic mass is 10.1. The molecule has 0 N–H and O–H groups in total. The summed E-state index contributed by atoms with van der Waals surface area (Å²) < 4.78 is 79.7. The Kier molecular flexibility index (Phi) is 3.83. The first-order valence-electron chi connectivity index (χ1n) is 5.97. The smallest absolute Gasteiger partial charge is 0.344 e. The molecule has 0 aliphatic carbocycles. The fraction of sp³-hybridized carbons (Fsp3) is 1.00. The van der Waals surface area contributed by atoms with Gasteiger partial charge in [0.2, 0.25) is 0 Å². The zero-order chi connectivity index (χ0) is 15.3. The van der Waals surface area contributed by atoms with Gasteiger partial charge in [-0.15, -0.1) is 0 Å². The van der Waals surface area contributed by atoms with Crippen LogP contribution >= 0.6 is 0 Å². The highest BCUT2D eigenvalue weighted by Crippen LogP contribution is 2.41. The van der Waals surface area contributed by atoms with E-state index in [-0.39, 0.29) is 6.42 Å². The maximum Gasteiger partial charge on any atom is 0.523 e. The van der Waals surface area contributed by atoms with Gasteiger partial charge in [-0.25, -0.2) is 0 Å². The molecule has 2 aliphatic heterocycles. The van der Waals surface area contributed by atoms with Crippen molar-refractivity contribution in [1.82, 2.24) is 0 Å². The topological polar surface area (TPSA) is 71.1 Å². The predicted octanol–water partition coefficient (Wildman–Crippen LogP) is 1.51. The maximum absolute atomic E-state index is 12.4. The fourth-order valence-electron chi connectivity index (χ4n) is 2.19. The number of hydrogen-bond acceptors (Lipinski definition) is 6. The van der Waals surface area contributed by atoms with E-state index in [4.69, 9.17) is 14.2 Å². The molecule has 0 radical (unpaired) electrons. The summed E-state index contributed by atoms with van der Waals surface area (Å²) in [7, 11) is -5.72. The minimum Gasteiger partial charge on any atom is -0.344 e. The quantitative estimate of drug-likeness (QED) is 0.580. The van der Waals surface area contributed by atoms with Gasteiger partial charge in [-0.1, -0.05) is 6.92 Å². The summed E-state index contributed by atoms with van der Waals surface area (Å²) in [6.07, 6.45) is -3.94. The van der Waals surface area contributed by atoms with Crippen molar-refractivity contribution in [3.8, 4) is 0 Å². The number of ether oxygens (including phenoxy) is 3. The van der Waals surface area contributed by atoms with E-state index >= 15 is 0 Å². The van der Waals surface area contributed by atoms with Crippen molar-refractivity contribution < 1.29 is 40.0 Å². The van der Waals surface area contributed by atoms with Gasteiger partial charge < -0.3 is 14.2 Å². The Labute approximate surface area is 114 Å². The molecule has 0 aromatic rings. The van der Waals surface area contributed by atoms with Gasteiger partial charge in [0.25, 0.3) is 0 Å². The number of hydrogen-bond donors (Lipinski definition) is 0. The molecular formula is C10H15F3O6S. The molecule has 10 heteroatoms. The summed E-state index contributed by atoms with van der Waals surface area (Å²) in [5.41, 5.74) is -5.49. The van der Waals surface area contributed by atoms with E-state index in [2.05, 4.69) is 4.18 Å². The second-order valence-electron chi connectivity index (χ2n) is 5.01. The zero-order valence-electron chi connectivity index (χ0n) is 11.0. The molecule has 0 saturated carbocycles. The molecule has 2 fully saturated rings. The Bertz CT molecular complexity index is 474. The van der Waals surface area contributed by atoms with Crippen molar-refractivity contribution in [3.63, 3.8) is 0 Å². The van der Waals surface area contributed by atoms with E-state index in [9.17, 15) is 21.6 Å². The van der Waals surface area contributed by atoms with E-state index in [1.54, 1.807) is 20.8 Å². The van der Waals surface area contributed by atoms with Gasteiger partial charge in [0.15, 0.2) is 12.1 Å². The van der Waals surface area contributed by atoms with Crippen LogP contribution in [0.4, 0.5) is 13.2 Å². The van der Waals surface area contributed by atoms with Crippen LogP contribution in [0.2, 0.25) is 0 Å². The molecule has 20 heavy (non-hydrogen) atoms. The highest BCUT2D eigenvalue weighted by molar-refractivity contribution is 7.87. The highest BCUT2D eigenvalue weighted by Gasteiger charge is 2.59. The maximum atomic E-state index is 12.4. The van der Waals surface area contributed by atoms with Gasteiger partial charge in [0.1, 0.15) is 12.2 Å². The van der Waals surface area contributed by atoms with Crippen molar-refractivity contribution in [2.24, 2.45) is 0 Å². The Morgan fingerprint density at radius 3 is 2.35 bits per heavy atom. The number of rotatable bonds is 3. The van der Waals surface area contributed by atoms with E-state index < -0.39 is 46.0 Å². The number of fused-ring (bicyclic) bond motifs is 1. The largest absolute Gasteiger partial charge is 0.523 e. The summed E-state index contributed by atoms with van der Waals surface area (Å²) in [5.74, 6) is -1.07. The fourth-order valence-corrected chi connectivity index (χ4v) is 2.83. The average Bonchev–Trinajstić information content (AvgIpc) is 2.70. The summed E-state index contributed by atoms with van der Waals surface area (Å²) >= 11 is 0. The summed E-state index contributed by atoms with van der Waals surface area (Å²) in [6, 6.07) is 0. The average molecular weight is 320 g/mol. The molecule has 2 aliphatic rings. The van der Waals surface area contributed by atoms with Crippen LogP contribution < -0.4 is 0 Å². The lowest BCUT2D eigenvalue weighted by molar-refractivity contribution is -0.213. The molecule has 6 nitrogen and oxygen atoms in total. The monoisotopic (exact) mass is 320 g/mol. The Morgan fingerprint density at radius 2 is 1.85 bits per heavy atom. The second-order valence-corrected chi connectivity index (χ2v) is 6.58. The molecule has 2 rings (SSSR count). The van der Waals surface area contributed by atoms with Crippen LogP contribution in [0.3, 0.4) is 0 Å². The lowest BCUT2D eigenvalue weighted by Gasteiger charge is -2.25. The summed E-state index contributed by atoms with van der Waals surface area (Å²) in [5, 5.41) is 0. The Hall–Kier alpha value is -0.420. The lowest BCUT2D eigenvalue weighted by Crippen LogP contribution is -2.41. The number of alkyl halides is 3. The van der Waals surface area contributed by atoms with Gasteiger partial charge in [-0.05, 0) is 20.3 Å². The van der Waals surface area contributed by atoms with Crippen molar-refractivity contribution in [2.45, 2.75) is 63.1 Å². The molecule has 0 bridgehead atoms. The zero-order valence-corrected chi connectivity index (χ0v) is 11.8. The first kappa shape index (κ1) is 16.0. The minimum atomic E-state index is -5.72. The molecule has 2 saturated heterocycles. The van der Waals surface area contributed by atoms with Gasteiger partial charge in [0, 0.05) is 0 Å². The molecule has 0 unspecified atom stereocenters. The van der Waals surface area contributed by atoms with Crippen LogP contribution in [0.1, 0.15) is 27.2 Å². The standard InChI is InChI=1S/C10H15F3O6S/c1-4-5-6(19-20(14,15)10(11,12)13)7-8(16-5)18-9(2,3)17-7/h5-8H,4H2,1-3H3/t5-,6-,7-,8-/m1/s1. The molecule has 0 aromatic heterocycles. The highest BCUT2D eigenvalue weighted by atomic mass is 32.2. The molecule has 118 valence electrons.